The topological polar surface area (TPSA) is 57.3 Å². The van der Waals surface area contributed by atoms with E-state index in [9.17, 15) is 4.79 Å². The first-order valence-electron chi connectivity index (χ1n) is 13.0. The molecule has 0 N–H and O–H groups in total. The summed E-state index contributed by atoms with van der Waals surface area (Å²) < 4.78 is 25.8. The Morgan fingerprint density at radius 1 is 1.12 bits per heavy atom. The van der Waals surface area contributed by atoms with E-state index >= 15 is 0 Å². The molecule has 32 heavy (non-hydrogen) atoms. The van der Waals surface area contributed by atoms with Gasteiger partial charge in [-0.25, -0.2) is 0 Å². The zero-order valence-electron chi connectivity index (χ0n) is 20.6. The van der Waals surface area contributed by atoms with Gasteiger partial charge in [-0.3, -0.25) is 4.79 Å². The largest absolute Gasteiger partial charge is 0.405 e. The lowest BCUT2D eigenvalue weighted by molar-refractivity contribution is -0.185. The zero-order valence-corrected chi connectivity index (χ0v) is 21.6. The van der Waals surface area contributed by atoms with E-state index in [-0.39, 0.29) is 16.6 Å². The van der Waals surface area contributed by atoms with Crippen molar-refractivity contribution in [2.45, 2.75) is 114 Å². The van der Waals surface area contributed by atoms with Crippen molar-refractivity contribution in [1.82, 2.24) is 0 Å². The molecule has 5 nitrogen and oxygen atoms in total. The predicted octanol–water partition coefficient (Wildman–Crippen LogP) is 5.15. The van der Waals surface area contributed by atoms with Crippen molar-refractivity contribution in [2.24, 2.45) is 17.3 Å². The number of hydrogen-bond donors (Lipinski definition) is 0. The summed E-state index contributed by atoms with van der Waals surface area (Å²) in [5.41, 5.74) is 0.630. The fourth-order valence-electron chi connectivity index (χ4n) is 8.82. The molecule has 1 spiro atoms. The number of epoxide rings is 1. The molecule has 0 amide bonds. The van der Waals surface area contributed by atoms with Crippen LogP contribution in [0.1, 0.15) is 71.6 Å². The summed E-state index contributed by atoms with van der Waals surface area (Å²) in [6.45, 7) is 12.5. The minimum atomic E-state index is -1.89. The van der Waals surface area contributed by atoms with Crippen LogP contribution in [0.3, 0.4) is 0 Å². The molecule has 0 unspecified atom stereocenters. The third-order valence-corrected chi connectivity index (χ3v) is 11.0. The molecule has 0 aromatic heterocycles. The number of ether oxygens (including phenoxy) is 3. The second-order valence-corrected chi connectivity index (χ2v) is 17.0. The lowest BCUT2D eigenvalue weighted by Gasteiger charge is -2.54. The van der Waals surface area contributed by atoms with Gasteiger partial charge >= 0.3 is 0 Å². The number of fused-ring (bicyclic) bond motifs is 3. The molecule has 2 aliphatic heterocycles. The van der Waals surface area contributed by atoms with Gasteiger partial charge in [-0.05, 0) is 75.6 Å². The number of carbonyl (C=O) groups is 1. The van der Waals surface area contributed by atoms with Crippen molar-refractivity contribution in [3.63, 3.8) is 0 Å². The van der Waals surface area contributed by atoms with Crippen LogP contribution in [0, 0.1) is 17.3 Å². The first-order valence-corrected chi connectivity index (χ1v) is 16.4. The molecule has 2 heterocycles. The Kier molecular flexibility index (Phi) is 4.51. The molecule has 0 radical (unpaired) electrons. The van der Waals surface area contributed by atoms with E-state index < -0.39 is 19.7 Å². The van der Waals surface area contributed by atoms with Crippen LogP contribution < -0.4 is 0 Å². The Labute approximate surface area is 193 Å². The highest BCUT2D eigenvalue weighted by Crippen LogP contribution is 2.74. The number of ketones is 1. The second kappa shape index (κ2) is 6.57. The number of carbonyl (C=O) groups excluding carboxylic acids is 1. The predicted molar refractivity (Wildman–Crippen MR) is 124 cm³/mol. The van der Waals surface area contributed by atoms with Crippen LogP contribution in [-0.2, 0) is 23.4 Å². The van der Waals surface area contributed by atoms with E-state index in [2.05, 4.69) is 32.6 Å². The molecular weight excluding hydrogens is 420 g/mol. The highest BCUT2D eigenvalue weighted by molar-refractivity contribution is 6.70. The average Bonchev–Trinajstić information content (AvgIpc) is 3.06. The zero-order chi connectivity index (χ0) is 22.6. The Hall–Kier alpha value is -0.533. The van der Waals surface area contributed by atoms with E-state index in [0.29, 0.717) is 37.3 Å². The van der Waals surface area contributed by atoms with Gasteiger partial charge in [-0.15, -0.1) is 0 Å². The fourth-order valence-corrected chi connectivity index (χ4v) is 10.3. The van der Waals surface area contributed by atoms with Gasteiger partial charge < -0.3 is 18.6 Å². The molecule has 6 aliphatic rings. The number of allylic oxidation sites excluding steroid dienone is 1. The highest BCUT2D eigenvalue weighted by Gasteiger charge is 2.80. The second-order valence-electron chi connectivity index (χ2n) is 12.6. The molecule has 0 bridgehead atoms. The van der Waals surface area contributed by atoms with E-state index in [1.807, 2.05) is 6.92 Å². The van der Waals surface area contributed by atoms with Crippen molar-refractivity contribution in [3.8, 4) is 0 Å². The van der Waals surface area contributed by atoms with Gasteiger partial charge in [0.15, 0.2) is 19.9 Å². The SMILES string of the molecule is CCC(=O)[C@@]1(O[Si](C)(C)C)CC[C@H]2[C@@H]3CC[C@@]45CC6(CC[C@@]4(O5)C3=CC[C@@]21C)OCCO6. The van der Waals surface area contributed by atoms with Crippen LogP contribution >= 0.6 is 0 Å². The van der Waals surface area contributed by atoms with Crippen molar-refractivity contribution in [3.05, 3.63) is 11.6 Å². The Morgan fingerprint density at radius 2 is 1.88 bits per heavy atom. The lowest BCUT2D eigenvalue weighted by Crippen LogP contribution is -2.59. The molecule has 2 saturated heterocycles. The Bertz CT molecular complexity index is 872. The lowest BCUT2D eigenvalue weighted by atomic mass is 9.52. The number of Topliss-reactive ketones (excluding diaryl/α,β-unsaturated/α-hetero) is 1. The summed E-state index contributed by atoms with van der Waals surface area (Å²) >= 11 is 0. The Morgan fingerprint density at radius 3 is 2.56 bits per heavy atom. The standard InChI is InChI=1S/C26H40O5Si/c1-6-21(27)26(31-32(3,4)5)12-9-19-18-7-11-23-17-24(28-15-16-29-24)13-14-25(23,30-23)20(18)8-10-22(19,26)2/h8,18-19H,6-7,9-17H2,1-5H3/t18-,19-,22-,23+,25+,26-/m0/s1. The first-order chi connectivity index (χ1) is 15.0. The smallest absolute Gasteiger partial charge is 0.185 e. The normalized spacial score (nSPS) is 48.5. The van der Waals surface area contributed by atoms with Gasteiger partial charge in [0.25, 0.3) is 0 Å². The third kappa shape index (κ3) is 2.62. The van der Waals surface area contributed by atoms with Crippen LogP contribution in [0.4, 0.5) is 0 Å². The number of hydrogen-bond acceptors (Lipinski definition) is 5. The van der Waals surface area contributed by atoms with E-state index in [0.717, 1.165) is 51.4 Å². The van der Waals surface area contributed by atoms with Crippen LogP contribution in [0.25, 0.3) is 0 Å². The average molecular weight is 461 g/mol. The van der Waals surface area contributed by atoms with Crippen molar-refractivity contribution < 1.29 is 23.4 Å². The maximum Gasteiger partial charge on any atom is 0.185 e. The molecule has 4 aliphatic carbocycles. The van der Waals surface area contributed by atoms with E-state index in [1.54, 1.807) is 5.57 Å². The maximum atomic E-state index is 13.5. The molecule has 6 atom stereocenters. The first kappa shape index (κ1) is 22.0. The summed E-state index contributed by atoms with van der Waals surface area (Å²) in [6.07, 6.45) is 11.0. The van der Waals surface area contributed by atoms with Crippen LogP contribution in [-0.4, -0.2) is 49.9 Å². The molecule has 6 rings (SSSR count). The van der Waals surface area contributed by atoms with Crippen LogP contribution in [0.5, 0.6) is 0 Å². The maximum absolute atomic E-state index is 13.5. The minimum Gasteiger partial charge on any atom is -0.405 e. The summed E-state index contributed by atoms with van der Waals surface area (Å²) in [6, 6.07) is 0. The minimum absolute atomic E-state index is 0.0879. The summed E-state index contributed by atoms with van der Waals surface area (Å²) in [7, 11) is -1.89. The fraction of sp³-hybridized carbons (Fsp3) is 0.885. The van der Waals surface area contributed by atoms with Crippen molar-refractivity contribution >= 4 is 14.1 Å². The van der Waals surface area contributed by atoms with Crippen molar-refractivity contribution in [2.75, 3.05) is 13.2 Å². The van der Waals surface area contributed by atoms with Crippen LogP contribution in [0.2, 0.25) is 19.6 Å². The Balaban J connectivity index is 1.35. The van der Waals surface area contributed by atoms with Gasteiger partial charge in [-0.1, -0.05) is 19.9 Å². The quantitative estimate of drug-likeness (QED) is 0.330. The molecule has 6 heteroatoms. The van der Waals surface area contributed by atoms with Gasteiger partial charge in [0.1, 0.15) is 16.8 Å². The summed E-state index contributed by atoms with van der Waals surface area (Å²) in [5.74, 6) is 0.932. The summed E-state index contributed by atoms with van der Waals surface area (Å²) in [4.78, 5) is 13.5. The van der Waals surface area contributed by atoms with Gasteiger partial charge in [0, 0.05) is 24.7 Å². The molecule has 0 aromatic carbocycles. The van der Waals surface area contributed by atoms with Crippen LogP contribution in [0.15, 0.2) is 11.6 Å². The highest BCUT2D eigenvalue weighted by atomic mass is 28.4. The third-order valence-electron chi connectivity index (χ3n) is 10.0. The monoisotopic (exact) mass is 460 g/mol. The van der Waals surface area contributed by atoms with Gasteiger partial charge in [-0.2, -0.15) is 0 Å². The van der Waals surface area contributed by atoms with Gasteiger partial charge in [0.05, 0.1) is 13.2 Å². The van der Waals surface area contributed by atoms with Gasteiger partial charge in [0.2, 0.25) is 0 Å². The summed E-state index contributed by atoms with van der Waals surface area (Å²) in [5, 5.41) is 0. The van der Waals surface area contributed by atoms with Crippen molar-refractivity contribution in [1.29, 1.82) is 0 Å². The number of rotatable bonds is 4. The molecule has 178 valence electrons. The molecular formula is C26H40O5Si. The molecule has 5 fully saturated rings. The molecule has 0 aromatic rings. The van der Waals surface area contributed by atoms with E-state index in [1.165, 1.54) is 0 Å². The molecule has 3 saturated carbocycles. The van der Waals surface area contributed by atoms with E-state index in [4.69, 9.17) is 18.6 Å².